The predicted molar refractivity (Wildman–Crippen MR) is 92.7 cm³/mol. The van der Waals surface area contributed by atoms with Gasteiger partial charge in [-0.3, -0.25) is 4.79 Å². The van der Waals surface area contributed by atoms with Crippen LogP contribution in [0.3, 0.4) is 0 Å². The minimum atomic E-state index is -4.43. The number of amides is 1. The highest BCUT2D eigenvalue weighted by molar-refractivity contribution is 7.89. The molecular weight excluding hydrogens is 369 g/mol. The van der Waals surface area contributed by atoms with E-state index < -0.39 is 27.7 Å². The van der Waals surface area contributed by atoms with E-state index in [4.69, 9.17) is 0 Å². The van der Waals surface area contributed by atoms with Crippen molar-refractivity contribution < 1.29 is 26.4 Å². The van der Waals surface area contributed by atoms with Crippen molar-refractivity contribution >= 4 is 22.0 Å². The predicted octanol–water partition coefficient (Wildman–Crippen LogP) is 2.65. The Hall–Kier alpha value is -1.87. The average Bonchev–Trinajstić information content (AvgIpc) is 2.60. The average molecular weight is 390 g/mol. The Morgan fingerprint density at radius 1 is 1.31 bits per heavy atom. The SMILES string of the molecule is CCS(=O)(=O)N1CCC(NC(=O)/C=C/c2cccc(C(F)(F)F)c2)CC1. The number of piperidine rings is 1. The molecule has 1 aliphatic rings. The molecule has 1 amide bonds. The van der Waals surface area contributed by atoms with Crippen molar-refractivity contribution in [3.63, 3.8) is 0 Å². The molecule has 0 atom stereocenters. The summed E-state index contributed by atoms with van der Waals surface area (Å²) in [5.41, 5.74) is -0.497. The first-order valence-electron chi connectivity index (χ1n) is 8.25. The van der Waals surface area contributed by atoms with Gasteiger partial charge < -0.3 is 5.32 Å². The summed E-state index contributed by atoms with van der Waals surface area (Å²) in [4.78, 5) is 11.9. The number of alkyl halides is 3. The standard InChI is InChI=1S/C17H21F3N2O3S/c1-2-26(24,25)22-10-8-15(9-11-22)21-16(23)7-6-13-4-3-5-14(12-13)17(18,19)20/h3-7,12,15H,2,8-11H2,1H3,(H,21,23)/b7-6+. The van der Waals surface area contributed by atoms with Crippen LogP contribution in [-0.2, 0) is 21.0 Å². The van der Waals surface area contributed by atoms with E-state index in [1.165, 1.54) is 28.6 Å². The van der Waals surface area contributed by atoms with Crippen molar-refractivity contribution in [3.8, 4) is 0 Å². The van der Waals surface area contributed by atoms with E-state index in [1.807, 2.05) is 0 Å². The third kappa shape index (κ3) is 5.57. The van der Waals surface area contributed by atoms with E-state index in [2.05, 4.69) is 5.32 Å². The van der Waals surface area contributed by atoms with Crippen LogP contribution in [0, 0.1) is 0 Å². The number of carbonyl (C=O) groups is 1. The van der Waals surface area contributed by atoms with E-state index >= 15 is 0 Å². The number of halogens is 3. The molecule has 1 fully saturated rings. The molecule has 0 saturated carbocycles. The number of rotatable bonds is 5. The first kappa shape index (κ1) is 20.4. The Kier molecular flexibility index (Phi) is 6.46. The zero-order valence-corrected chi connectivity index (χ0v) is 15.1. The van der Waals surface area contributed by atoms with Gasteiger partial charge in [0.25, 0.3) is 0 Å². The van der Waals surface area contributed by atoms with Gasteiger partial charge in [0.05, 0.1) is 11.3 Å². The molecule has 144 valence electrons. The lowest BCUT2D eigenvalue weighted by Gasteiger charge is -2.31. The minimum Gasteiger partial charge on any atom is -0.350 e. The molecule has 1 heterocycles. The maximum Gasteiger partial charge on any atom is 0.416 e. The second-order valence-corrected chi connectivity index (χ2v) is 8.30. The van der Waals surface area contributed by atoms with E-state index in [0.717, 1.165) is 12.1 Å². The van der Waals surface area contributed by atoms with Crippen molar-refractivity contribution in [1.29, 1.82) is 0 Å². The molecule has 0 unspecified atom stereocenters. The lowest BCUT2D eigenvalue weighted by molar-refractivity contribution is -0.137. The van der Waals surface area contributed by atoms with E-state index in [-0.39, 0.29) is 17.4 Å². The third-order valence-electron chi connectivity index (χ3n) is 4.20. The number of nitrogens with zero attached hydrogens (tertiary/aromatic N) is 1. The van der Waals surface area contributed by atoms with Crippen molar-refractivity contribution in [2.45, 2.75) is 32.0 Å². The Bertz CT molecular complexity index is 768. The van der Waals surface area contributed by atoms with Crippen LogP contribution in [0.2, 0.25) is 0 Å². The summed E-state index contributed by atoms with van der Waals surface area (Å²) in [5.74, 6) is -0.372. The fourth-order valence-electron chi connectivity index (χ4n) is 2.70. The quantitative estimate of drug-likeness (QED) is 0.786. The Morgan fingerprint density at radius 3 is 2.54 bits per heavy atom. The summed E-state index contributed by atoms with van der Waals surface area (Å²) < 4.78 is 63.0. The molecule has 0 bridgehead atoms. The largest absolute Gasteiger partial charge is 0.416 e. The molecule has 26 heavy (non-hydrogen) atoms. The van der Waals surface area contributed by atoms with Gasteiger partial charge in [-0.25, -0.2) is 12.7 Å². The maximum absolute atomic E-state index is 12.7. The van der Waals surface area contributed by atoms with Gasteiger partial charge in [-0.05, 0) is 43.5 Å². The second kappa shape index (κ2) is 8.22. The van der Waals surface area contributed by atoms with Crippen LogP contribution in [0.15, 0.2) is 30.3 Å². The van der Waals surface area contributed by atoms with Gasteiger partial charge in [0, 0.05) is 25.2 Å². The van der Waals surface area contributed by atoms with E-state index in [9.17, 15) is 26.4 Å². The summed E-state index contributed by atoms with van der Waals surface area (Å²) in [7, 11) is -3.22. The molecule has 5 nitrogen and oxygen atoms in total. The van der Waals surface area contributed by atoms with E-state index in [0.29, 0.717) is 25.9 Å². The van der Waals surface area contributed by atoms with Crippen LogP contribution in [-0.4, -0.2) is 43.5 Å². The fraction of sp³-hybridized carbons (Fsp3) is 0.471. The van der Waals surface area contributed by atoms with Gasteiger partial charge in [0.15, 0.2) is 0 Å². The van der Waals surface area contributed by atoms with Crippen LogP contribution in [0.5, 0.6) is 0 Å². The molecule has 2 rings (SSSR count). The number of nitrogens with one attached hydrogen (secondary N) is 1. The van der Waals surface area contributed by atoms with Gasteiger partial charge >= 0.3 is 6.18 Å². The molecule has 1 aromatic rings. The topological polar surface area (TPSA) is 66.5 Å². The van der Waals surface area contributed by atoms with Crippen LogP contribution >= 0.6 is 0 Å². The van der Waals surface area contributed by atoms with Gasteiger partial charge in [0.2, 0.25) is 15.9 Å². The summed E-state index contributed by atoms with van der Waals surface area (Å²) in [6, 6.07) is 4.54. The lowest BCUT2D eigenvalue weighted by atomic mass is 10.1. The van der Waals surface area contributed by atoms with Gasteiger partial charge in [-0.1, -0.05) is 12.1 Å². The summed E-state index contributed by atoms with van der Waals surface area (Å²) >= 11 is 0. The summed E-state index contributed by atoms with van der Waals surface area (Å²) in [6.45, 7) is 2.28. The van der Waals surface area contributed by atoms with E-state index in [1.54, 1.807) is 6.92 Å². The molecule has 1 aliphatic heterocycles. The van der Waals surface area contributed by atoms with Crippen molar-refractivity contribution in [2.75, 3.05) is 18.8 Å². The molecule has 0 aromatic heterocycles. The lowest BCUT2D eigenvalue weighted by Crippen LogP contribution is -2.46. The molecule has 1 saturated heterocycles. The molecule has 1 aromatic carbocycles. The summed E-state index contributed by atoms with van der Waals surface area (Å²) in [6.07, 6.45) is -0.921. The minimum absolute atomic E-state index is 0.0454. The Morgan fingerprint density at radius 2 is 1.96 bits per heavy atom. The zero-order valence-electron chi connectivity index (χ0n) is 14.3. The number of hydrogen-bond acceptors (Lipinski definition) is 3. The number of carbonyl (C=O) groups excluding carboxylic acids is 1. The summed E-state index contributed by atoms with van der Waals surface area (Å²) in [5, 5.41) is 2.75. The molecule has 0 radical (unpaired) electrons. The van der Waals surface area contributed by atoms with Crippen LogP contribution in [0.25, 0.3) is 6.08 Å². The highest BCUT2D eigenvalue weighted by Gasteiger charge is 2.30. The second-order valence-electron chi connectivity index (χ2n) is 6.04. The molecule has 0 spiro atoms. The molecular formula is C17H21F3N2O3S. The van der Waals surface area contributed by atoms with Gasteiger partial charge in [0.1, 0.15) is 0 Å². The van der Waals surface area contributed by atoms with Gasteiger partial charge in [-0.2, -0.15) is 13.2 Å². The van der Waals surface area contributed by atoms with Gasteiger partial charge in [-0.15, -0.1) is 0 Å². The first-order chi connectivity index (χ1) is 12.1. The maximum atomic E-state index is 12.7. The Labute approximate surface area is 150 Å². The van der Waals surface area contributed by atoms with Crippen LogP contribution in [0.1, 0.15) is 30.9 Å². The fourth-order valence-corrected chi connectivity index (χ4v) is 3.83. The van der Waals surface area contributed by atoms with Crippen LogP contribution < -0.4 is 5.32 Å². The highest BCUT2D eigenvalue weighted by Crippen LogP contribution is 2.29. The molecule has 1 N–H and O–H groups in total. The molecule has 9 heteroatoms. The first-order valence-corrected chi connectivity index (χ1v) is 9.86. The number of benzene rings is 1. The third-order valence-corrected chi connectivity index (χ3v) is 6.08. The van der Waals surface area contributed by atoms with Crippen molar-refractivity contribution in [2.24, 2.45) is 0 Å². The zero-order chi connectivity index (χ0) is 19.4. The normalized spacial score (nSPS) is 17.5. The van der Waals surface area contributed by atoms with Crippen molar-refractivity contribution in [3.05, 3.63) is 41.5 Å². The smallest absolute Gasteiger partial charge is 0.350 e. The van der Waals surface area contributed by atoms with Crippen LogP contribution in [0.4, 0.5) is 13.2 Å². The van der Waals surface area contributed by atoms with Crippen molar-refractivity contribution in [1.82, 2.24) is 9.62 Å². The number of sulfonamides is 1. The Balaban J connectivity index is 1.89. The highest BCUT2D eigenvalue weighted by atomic mass is 32.2. The number of hydrogen-bond donors (Lipinski definition) is 1. The monoisotopic (exact) mass is 390 g/mol. The molecule has 0 aliphatic carbocycles.